The molecule has 3 rings (SSSR count). The Bertz CT molecular complexity index is 1060. The van der Waals surface area contributed by atoms with Crippen molar-refractivity contribution in [3.63, 3.8) is 0 Å². The van der Waals surface area contributed by atoms with E-state index >= 15 is 0 Å². The first-order valence-electron chi connectivity index (χ1n) is 10.2. The van der Waals surface area contributed by atoms with Crippen LogP contribution in [0.1, 0.15) is 26.5 Å². The van der Waals surface area contributed by atoms with Crippen molar-refractivity contribution in [2.45, 2.75) is 33.7 Å². The molecule has 162 valence electrons. The molecule has 7 heteroatoms. The van der Waals surface area contributed by atoms with E-state index in [4.69, 9.17) is 9.84 Å². The summed E-state index contributed by atoms with van der Waals surface area (Å²) in [6.07, 6.45) is 0. The maximum Gasteiger partial charge on any atom is 0.245 e. The van der Waals surface area contributed by atoms with Crippen molar-refractivity contribution in [3.05, 3.63) is 60.3 Å². The number of hydrogen-bond acceptors (Lipinski definition) is 4. The third-order valence-electron chi connectivity index (χ3n) is 5.04. The summed E-state index contributed by atoms with van der Waals surface area (Å²) in [5.41, 5.74) is 3.35. The Morgan fingerprint density at radius 3 is 2.29 bits per heavy atom. The predicted octanol–water partition coefficient (Wildman–Crippen LogP) is 4.05. The standard InChI is InChI=1S/C24H28N4O3/c1-16(2)27(18(4)29)15-22(30)25-24-23(19-9-7-6-8-10-19)17(3)26-28(24)20-11-13-21(31-5)14-12-20/h6-14,16H,15H2,1-5H3,(H,25,30). The van der Waals surface area contributed by atoms with Gasteiger partial charge in [-0.2, -0.15) is 5.10 Å². The molecule has 3 aromatic rings. The van der Waals surface area contributed by atoms with Crippen LogP contribution in [0.4, 0.5) is 5.82 Å². The first kappa shape index (κ1) is 22.1. The van der Waals surface area contributed by atoms with E-state index in [1.165, 1.54) is 11.8 Å². The van der Waals surface area contributed by atoms with Gasteiger partial charge in [-0.15, -0.1) is 0 Å². The average Bonchev–Trinajstić information content (AvgIpc) is 3.07. The first-order valence-corrected chi connectivity index (χ1v) is 10.2. The van der Waals surface area contributed by atoms with Crippen LogP contribution in [0.2, 0.25) is 0 Å². The fourth-order valence-corrected chi connectivity index (χ4v) is 3.49. The van der Waals surface area contributed by atoms with Gasteiger partial charge in [-0.3, -0.25) is 9.59 Å². The van der Waals surface area contributed by atoms with Gasteiger partial charge in [0.05, 0.1) is 18.5 Å². The lowest BCUT2D eigenvalue weighted by Crippen LogP contribution is -2.41. The summed E-state index contributed by atoms with van der Waals surface area (Å²) >= 11 is 0. The van der Waals surface area contributed by atoms with Gasteiger partial charge in [-0.05, 0) is 50.6 Å². The smallest absolute Gasteiger partial charge is 0.245 e. The molecule has 1 aromatic heterocycles. The van der Waals surface area contributed by atoms with Crippen LogP contribution in [-0.2, 0) is 9.59 Å². The Morgan fingerprint density at radius 1 is 1.10 bits per heavy atom. The molecule has 0 aliphatic heterocycles. The SMILES string of the molecule is COc1ccc(-n2nc(C)c(-c3ccccc3)c2NC(=O)CN(C(C)=O)C(C)C)cc1. The zero-order chi connectivity index (χ0) is 22.5. The summed E-state index contributed by atoms with van der Waals surface area (Å²) < 4.78 is 6.96. The lowest BCUT2D eigenvalue weighted by atomic mass is 10.1. The second-order valence-electron chi connectivity index (χ2n) is 7.57. The van der Waals surface area contributed by atoms with Crippen molar-refractivity contribution in [3.8, 4) is 22.6 Å². The summed E-state index contributed by atoms with van der Waals surface area (Å²) in [4.78, 5) is 26.4. The van der Waals surface area contributed by atoms with Gasteiger partial charge >= 0.3 is 0 Å². The molecule has 0 radical (unpaired) electrons. The lowest BCUT2D eigenvalue weighted by Gasteiger charge is -2.24. The van der Waals surface area contributed by atoms with Crippen molar-refractivity contribution in [2.75, 3.05) is 19.0 Å². The minimum atomic E-state index is -0.282. The number of methoxy groups -OCH3 is 1. The third kappa shape index (κ3) is 4.94. The molecular weight excluding hydrogens is 392 g/mol. The van der Waals surface area contributed by atoms with E-state index in [1.807, 2.05) is 75.4 Å². The van der Waals surface area contributed by atoms with Gasteiger partial charge in [-0.1, -0.05) is 30.3 Å². The highest BCUT2D eigenvalue weighted by Gasteiger charge is 2.22. The van der Waals surface area contributed by atoms with Crippen molar-refractivity contribution in [2.24, 2.45) is 0 Å². The Hall–Kier alpha value is -3.61. The van der Waals surface area contributed by atoms with E-state index in [1.54, 1.807) is 11.8 Å². The zero-order valence-electron chi connectivity index (χ0n) is 18.5. The van der Waals surface area contributed by atoms with E-state index in [0.717, 1.165) is 28.3 Å². The van der Waals surface area contributed by atoms with Crippen LogP contribution in [0.3, 0.4) is 0 Å². The number of nitrogens with one attached hydrogen (secondary N) is 1. The molecule has 2 aromatic carbocycles. The molecule has 1 heterocycles. The van der Waals surface area contributed by atoms with Crippen molar-refractivity contribution < 1.29 is 14.3 Å². The molecule has 31 heavy (non-hydrogen) atoms. The molecule has 0 aliphatic carbocycles. The Labute approximate surface area is 182 Å². The molecule has 0 atom stereocenters. The second kappa shape index (κ2) is 9.47. The molecule has 7 nitrogen and oxygen atoms in total. The first-order chi connectivity index (χ1) is 14.8. The quantitative estimate of drug-likeness (QED) is 0.626. The fraction of sp³-hybridized carbons (Fsp3) is 0.292. The van der Waals surface area contributed by atoms with Crippen molar-refractivity contribution in [1.82, 2.24) is 14.7 Å². The van der Waals surface area contributed by atoms with Crippen LogP contribution in [0.15, 0.2) is 54.6 Å². The molecule has 0 aliphatic rings. The number of hydrogen-bond donors (Lipinski definition) is 1. The minimum Gasteiger partial charge on any atom is -0.497 e. The molecule has 0 unspecified atom stereocenters. The van der Waals surface area contributed by atoms with Crippen molar-refractivity contribution >= 4 is 17.6 Å². The minimum absolute atomic E-state index is 0.0337. The molecule has 1 N–H and O–H groups in total. The summed E-state index contributed by atoms with van der Waals surface area (Å²) in [5.74, 6) is 0.866. The van der Waals surface area contributed by atoms with E-state index < -0.39 is 0 Å². The topological polar surface area (TPSA) is 76.5 Å². The highest BCUT2D eigenvalue weighted by atomic mass is 16.5. The number of benzene rings is 2. The number of carbonyl (C=O) groups is 2. The van der Waals surface area contributed by atoms with Gasteiger partial charge in [0.1, 0.15) is 18.1 Å². The Morgan fingerprint density at radius 2 is 1.74 bits per heavy atom. The molecule has 0 saturated carbocycles. The molecule has 2 amide bonds. The normalized spacial score (nSPS) is 10.8. The fourth-order valence-electron chi connectivity index (χ4n) is 3.49. The molecule has 0 fully saturated rings. The summed E-state index contributed by atoms with van der Waals surface area (Å²) in [7, 11) is 1.61. The van der Waals surface area contributed by atoms with Gasteiger partial charge in [0, 0.05) is 18.5 Å². The van der Waals surface area contributed by atoms with Crippen LogP contribution in [0.25, 0.3) is 16.8 Å². The predicted molar refractivity (Wildman–Crippen MR) is 121 cm³/mol. The maximum absolute atomic E-state index is 12.9. The van der Waals surface area contributed by atoms with Crippen LogP contribution in [0.5, 0.6) is 5.75 Å². The van der Waals surface area contributed by atoms with E-state index in [0.29, 0.717) is 5.82 Å². The zero-order valence-corrected chi connectivity index (χ0v) is 18.5. The molecule has 0 saturated heterocycles. The number of aryl methyl sites for hydroxylation is 1. The highest BCUT2D eigenvalue weighted by molar-refractivity contribution is 5.97. The van der Waals surface area contributed by atoms with Gasteiger partial charge in [0.2, 0.25) is 11.8 Å². The summed E-state index contributed by atoms with van der Waals surface area (Å²) in [6.45, 7) is 7.11. The van der Waals surface area contributed by atoms with Gasteiger partial charge in [0.15, 0.2) is 0 Å². The number of nitrogens with zero attached hydrogens (tertiary/aromatic N) is 3. The van der Waals surface area contributed by atoms with Crippen LogP contribution < -0.4 is 10.1 Å². The molecule has 0 bridgehead atoms. The summed E-state index contributed by atoms with van der Waals surface area (Å²) in [5, 5.41) is 7.70. The third-order valence-corrected chi connectivity index (χ3v) is 5.04. The molecule has 0 spiro atoms. The van der Waals surface area contributed by atoms with Crippen LogP contribution in [0, 0.1) is 6.92 Å². The van der Waals surface area contributed by atoms with E-state index in [9.17, 15) is 9.59 Å². The molecular formula is C24H28N4O3. The van der Waals surface area contributed by atoms with E-state index in [2.05, 4.69) is 5.32 Å². The summed E-state index contributed by atoms with van der Waals surface area (Å²) in [6, 6.07) is 17.2. The van der Waals surface area contributed by atoms with E-state index in [-0.39, 0.29) is 24.4 Å². The van der Waals surface area contributed by atoms with Crippen LogP contribution in [-0.4, -0.2) is 46.2 Å². The average molecular weight is 421 g/mol. The monoisotopic (exact) mass is 420 g/mol. The number of anilines is 1. The Balaban J connectivity index is 2.04. The number of rotatable bonds is 7. The number of ether oxygens (including phenoxy) is 1. The maximum atomic E-state index is 12.9. The largest absolute Gasteiger partial charge is 0.497 e. The number of amides is 2. The Kier molecular flexibility index (Phi) is 6.74. The number of aromatic nitrogens is 2. The van der Waals surface area contributed by atoms with Gasteiger partial charge in [0.25, 0.3) is 0 Å². The lowest BCUT2D eigenvalue weighted by molar-refractivity contribution is -0.134. The number of carbonyl (C=O) groups excluding carboxylic acids is 2. The van der Waals surface area contributed by atoms with Crippen LogP contribution >= 0.6 is 0 Å². The van der Waals surface area contributed by atoms with Gasteiger partial charge in [-0.25, -0.2) is 4.68 Å². The highest BCUT2D eigenvalue weighted by Crippen LogP contribution is 2.33. The van der Waals surface area contributed by atoms with Crippen molar-refractivity contribution in [1.29, 1.82) is 0 Å². The second-order valence-corrected chi connectivity index (χ2v) is 7.57. The van der Waals surface area contributed by atoms with Gasteiger partial charge < -0.3 is 15.0 Å².